The summed E-state index contributed by atoms with van der Waals surface area (Å²) in [6, 6.07) is 0.100. The van der Waals surface area contributed by atoms with E-state index in [1.807, 2.05) is 0 Å². The quantitative estimate of drug-likeness (QED) is 0.301. The number of amides is 3. The number of nitrogens with zero attached hydrogens (tertiary/aromatic N) is 3. The van der Waals surface area contributed by atoms with Crippen LogP contribution in [0.15, 0.2) is 36.7 Å². The molecule has 0 spiro atoms. The number of halogens is 6. The van der Waals surface area contributed by atoms with Gasteiger partial charge < -0.3 is 14.8 Å². The lowest BCUT2D eigenvalue weighted by Crippen LogP contribution is -2.54. The van der Waals surface area contributed by atoms with Crippen LogP contribution in [0.1, 0.15) is 94.4 Å². The lowest BCUT2D eigenvalue weighted by molar-refractivity contribution is -0.139. The number of rotatable bonds is 8. The van der Waals surface area contributed by atoms with E-state index in [0.29, 0.717) is 16.5 Å². The minimum Gasteiger partial charge on any atom is -0.444 e. The Morgan fingerprint density at radius 3 is 2.31 bits per heavy atom. The number of ether oxygens (including phenoxy) is 2. The number of nitrogens with one attached hydrogen (secondary N) is 1. The fourth-order valence-corrected chi connectivity index (χ4v) is 6.40. The molecule has 3 atom stereocenters. The van der Waals surface area contributed by atoms with Gasteiger partial charge in [-0.05, 0) is 76.1 Å². The molecule has 0 radical (unpaired) electrons. The average Bonchev–Trinajstić information content (AvgIpc) is 3.77. The van der Waals surface area contributed by atoms with Gasteiger partial charge in [0.25, 0.3) is 5.91 Å². The molecule has 2 aliphatic carbocycles. The topological polar surface area (TPSA) is 101 Å². The first-order valence-electron chi connectivity index (χ1n) is 16.2. The first kappa shape index (κ1) is 36.4. The highest BCUT2D eigenvalue weighted by Gasteiger charge is 2.49. The Kier molecular flexibility index (Phi) is 10.2. The number of hydrogen-bond donors (Lipinski definition) is 1. The van der Waals surface area contributed by atoms with Gasteiger partial charge in [0.1, 0.15) is 23.5 Å². The summed E-state index contributed by atoms with van der Waals surface area (Å²) in [5.74, 6) is -6.09. The van der Waals surface area contributed by atoms with Gasteiger partial charge >= 0.3 is 12.3 Å². The molecule has 1 N–H and O–H groups in total. The standard InChI is InChI=1S/C34H40F6N4O5/c1-32(2,3)49-31(47)43-18-22(48-4)16-27(43)30(46)44(26-8-7-20(15-25(26)35)19-5-6-19)28(23-17-41-14-11-24(23)34(38,39)40)29(45)42-21-9-12-33(36,37)13-10-21/h7-8,11,14-15,17,19,21-22,27-28H,5-6,9-10,12-13,16,18H2,1-4H3,(H,42,45)/t22-,27-,28?/m1/s1. The largest absolute Gasteiger partial charge is 0.444 e. The number of benzene rings is 1. The average molecular weight is 699 g/mol. The molecule has 1 unspecified atom stereocenters. The van der Waals surface area contributed by atoms with E-state index in [4.69, 9.17) is 9.47 Å². The normalized spacial score (nSPS) is 22.0. The molecule has 15 heteroatoms. The summed E-state index contributed by atoms with van der Waals surface area (Å²) in [6.07, 6.45) is -5.01. The van der Waals surface area contributed by atoms with Crippen molar-refractivity contribution in [3.05, 3.63) is 59.2 Å². The lowest BCUT2D eigenvalue weighted by Gasteiger charge is -2.37. The Labute approximate surface area is 280 Å². The molecule has 1 aromatic carbocycles. The maximum absolute atomic E-state index is 16.2. The zero-order valence-corrected chi connectivity index (χ0v) is 27.7. The van der Waals surface area contributed by atoms with Crippen molar-refractivity contribution in [3.8, 4) is 0 Å². The third kappa shape index (κ3) is 8.47. The van der Waals surface area contributed by atoms with E-state index >= 15 is 4.39 Å². The number of carbonyl (C=O) groups excluding carboxylic acids is 3. The van der Waals surface area contributed by atoms with Gasteiger partial charge in [0.15, 0.2) is 0 Å². The van der Waals surface area contributed by atoms with Gasteiger partial charge in [-0.1, -0.05) is 6.07 Å². The van der Waals surface area contributed by atoms with Crippen molar-refractivity contribution in [2.45, 2.75) is 114 Å². The fraction of sp³-hybridized carbons (Fsp3) is 0.588. The molecule has 2 aromatic rings. The van der Waals surface area contributed by atoms with Crippen molar-refractivity contribution in [2.24, 2.45) is 0 Å². The Hall–Kier alpha value is -3.88. The molecule has 0 bridgehead atoms. The highest BCUT2D eigenvalue weighted by Crippen LogP contribution is 2.44. The summed E-state index contributed by atoms with van der Waals surface area (Å²) in [5.41, 5.74) is -2.96. The van der Waals surface area contributed by atoms with Crippen LogP contribution in [0.25, 0.3) is 0 Å². The number of hydrogen-bond acceptors (Lipinski definition) is 6. The van der Waals surface area contributed by atoms with Gasteiger partial charge in [0.05, 0.1) is 23.9 Å². The molecule has 1 saturated heterocycles. The molecular formula is C34H40F6N4O5. The van der Waals surface area contributed by atoms with Gasteiger partial charge in [-0.3, -0.25) is 24.4 Å². The van der Waals surface area contributed by atoms with E-state index in [9.17, 15) is 36.3 Å². The zero-order chi connectivity index (χ0) is 35.9. The molecule has 3 aliphatic rings. The minimum atomic E-state index is -5.04. The van der Waals surface area contributed by atoms with Crippen LogP contribution in [0.3, 0.4) is 0 Å². The van der Waals surface area contributed by atoms with Crippen LogP contribution in [0, 0.1) is 5.82 Å². The summed E-state index contributed by atoms with van der Waals surface area (Å²) < 4.78 is 98.7. The number of methoxy groups -OCH3 is 1. The van der Waals surface area contributed by atoms with E-state index in [1.165, 1.54) is 19.2 Å². The first-order valence-corrected chi connectivity index (χ1v) is 16.2. The summed E-state index contributed by atoms with van der Waals surface area (Å²) in [7, 11) is 1.36. The van der Waals surface area contributed by atoms with E-state index < -0.39 is 95.3 Å². The predicted molar refractivity (Wildman–Crippen MR) is 165 cm³/mol. The SMILES string of the molecule is CO[C@@H]1C[C@H](C(=O)N(c2ccc(C3CC3)cc2F)C(C(=O)NC2CCC(F)(F)CC2)c2cnccc2C(F)(F)F)N(C(=O)OC(C)(C)C)C1. The van der Waals surface area contributed by atoms with E-state index in [2.05, 4.69) is 10.3 Å². The molecule has 49 heavy (non-hydrogen) atoms. The van der Waals surface area contributed by atoms with E-state index in [1.54, 1.807) is 26.8 Å². The highest BCUT2D eigenvalue weighted by atomic mass is 19.4. The highest BCUT2D eigenvalue weighted by molar-refractivity contribution is 6.05. The summed E-state index contributed by atoms with van der Waals surface area (Å²) in [6.45, 7) is 4.69. The van der Waals surface area contributed by atoms with E-state index in [0.717, 1.165) is 30.1 Å². The van der Waals surface area contributed by atoms with Crippen LogP contribution < -0.4 is 10.2 Å². The molecule has 2 heterocycles. The number of aromatic nitrogens is 1. The zero-order valence-electron chi connectivity index (χ0n) is 27.7. The van der Waals surface area contributed by atoms with Crippen molar-refractivity contribution < 1.29 is 50.2 Å². The molecule has 1 aliphatic heterocycles. The van der Waals surface area contributed by atoms with Gasteiger partial charge in [0, 0.05) is 50.4 Å². The lowest BCUT2D eigenvalue weighted by atomic mass is 9.91. The summed E-state index contributed by atoms with van der Waals surface area (Å²) in [4.78, 5) is 47.9. The minimum absolute atomic E-state index is 0.0753. The molecule has 3 amide bonds. The third-order valence-electron chi connectivity index (χ3n) is 9.05. The fourth-order valence-electron chi connectivity index (χ4n) is 6.40. The monoisotopic (exact) mass is 698 g/mol. The number of carbonyl (C=O) groups is 3. The van der Waals surface area contributed by atoms with Crippen LogP contribution in [-0.4, -0.2) is 71.2 Å². The van der Waals surface area contributed by atoms with E-state index in [-0.39, 0.29) is 31.7 Å². The molecule has 5 rings (SSSR count). The molecule has 268 valence electrons. The second-order valence-corrected chi connectivity index (χ2v) is 13.9. The van der Waals surface area contributed by atoms with Crippen molar-refractivity contribution in [1.82, 2.24) is 15.2 Å². The number of anilines is 1. The van der Waals surface area contributed by atoms with Crippen LogP contribution in [0.5, 0.6) is 0 Å². The van der Waals surface area contributed by atoms with Gasteiger partial charge in [0.2, 0.25) is 11.8 Å². The predicted octanol–water partition coefficient (Wildman–Crippen LogP) is 6.91. The van der Waals surface area contributed by atoms with Gasteiger partial charge in [-0.25, -0.2) is 18.0 Å². The van der Waals surface area contributed by atoms with Crippen LogP contribution in [-0.2, 0) is 25.2 Å². The van der Waals surface area contributed by atoms with Crippen molar-refractivity contribution in [1.29, 1.82) is 0 Å². The van der Waals surface area contributed by atoms with Crippen molar-refractivity contribution in [2.75, 3.05) is 18.6 Å². The second kappa shape index (κ2) is 13.8. The summed E-state index contributed by atoms with van der Waals surface area (Å²) >= 11 is 0. The maximum Gasteiger partial charge on any atom is 0.416 e. The van der Waals surface area contributed by atoms with Crippen LogP contribution in [0.4, 0.5) is 36.8 Å². The van der Waals surface area contributed by atoms with Crippen LogP contribution >= 0.6 is 0 Å². The second-order valence-electron chi connectivity index (χ2n) is 13.9. The van der Waals surface area contributed by atoms with Crippen molar-refractivity contribution in [3.63, 3.8) is 0 Å². The smallest absolute Gasteiger partial charge is 0.416 e. The Morgan fingerprint density at radius 1 is 1.06 bits per heavy atom. The van der Waals surface area contributed by atoms with Crippen molar-refractivity contribution >= 4 is 23.6 Å². The van der Waals surface area contributed by atoms with Crippen LogP contribution in [0.2, 0.25) is 0 Å². The first-order chi connectivity index (χ1) is 22.9. The third-order valence-corrected chi connectivity index (χ3v) is 9.05. The Balaban J connectivity index is 1.66. The van der Waals surface area contributed by atoms with Gasteiger partial charge in [-0.15, -0.1) is 0 Å². The number of alkyl halides is 5. The Bertz CT molecular complexity index is 1550. The number of pyridine rings is 1. The molecular weight excluding hydrogens is 658 g/mol. The summed E-state index contributed by atoms with van der Waals surface area (Å²) in [5, 5.41) is 2.56. The molecule has 1 aromatic heterocycles. The molecule has 2 saturated carbocycles. The van der Waals surface area contributed by atoms with Gasteiger partial charge in [-0.2, -0.15) is 13.2 Å². The molecule has 3 fully saturated rings. The number of likely N-dealkylation sites (tertiary alicyclic amines) is 1. The maximum atomic E-state index is 16.2. The molecule has 9 nitrogen and oxygen atoms in total. The Morgan fingerprint density at radius 2 is 1.73 bits per heavy atom.